The normalized spacial score (nSPS) is 19.4. The minimum Gasteiger partial charge on any atom is -0.317 e. The minimum absolute atomic E-state index is 0.0986. The van der Waals surface area contributed by atoms with Gasteiger partial charge in [0.25, 0.3) is 11.8 Å². The fraction of sp³-hybridized carbons (Fsp3) is 0.125. The summed E-state index contributed by atoms with van der Waals surface area (Å²) in [4.78, 5) is 28.5. The molecule has 0 radical (unpaired) electrons. The Bertz CT molecular complexity index is 803. The number of rotatable bonds is 0. The number of amides is 2. The lowest BCUT2D eigenvalue weighted by Crippen LogP contribution is -2.46. The van der Waals surface area contributed by atoms with Crippen molar-refractivity contribution < 1.29 is 9.59 Å². The average Bonchev–Trinajstić information content (AvgIpc) is 2.79. The van der Waals surface area contributed by atoms with Gasteiger partial charge >= 0.3 is 0 Å². The molecule has 0 aliphatic carbocycles. The Balaban J connectivity index is 2.01. The highest BCUT2D eigenvalue weighted by Crippen LogP contribution is 2.45. The van der Waals surface area contributed by atoms with Crippen LogP contribution in [0.4, 0.5) is 5.69 Å². The molecule has 4 rings (SSSR count). The van der Waals surface area contributed by atoms with Gasteiger partial charge in [0.1, 0.15) is 6.17 Å². The summed E-state index contributed by atoms with van der Waals surface area (Å²) in [5.41, 5.74) is 2.56. The third-order valence-electron chi connectivity index (χ3n) is 4.07. The van der Waals surface area contributed by atoms with Gasteiger partial charge in [-0.1, -0.05) is 29.8 Å². The van der Waals surface area contributed by atoms with E-state index in [-0.39, 0.29) is 11.8 Å². The van der Waals surface area contributed by atoms with E-state index < -0.39 is 6.17 Å². The molecule has 0 aromatic heterocycles. The fourth-order valence-electron chi connectivity index (χ4n) is 3.11. The van der Waals surface area contributed by atoms with Crippen molar-refractivity contribution in [2.45, 2.75) is 6.17 Å². The molecule has 0 fully saturated rings. The van der Waals surface area contributed by atoms with E-state index in [9.17, 15) is 9.59 Å². The fourth-order valence-corrected chi connectivity index (χ4v) is 3.27. The van der Waals surface area contributed by atoms with Gasteiger partial charge in [-0.05, 0) is 24.3 Å². The first kappa shape index (κ1) is 12.4. The molecule has 5 heteroatoms. The van der Waals surface area contributed by atoms with Crippen LogP contribution in [0.3, 0.4) is 0 Å². The number of benzene rings is 2. The van der Waals surface area contributed by atoms with Crippen LogP contribution in [-0.2, 0) is 0 Å². The highest BCUT2D eigenvalue weighted by molar-refractivity contribution is 6.31. The smallest absolute Gasteiger partial charge is 0.260 e. The summed E-state index contributed by atoms with van der Waals surface area (Å²) in [6, 6.07) is 12.4. The molecule has 2 heterocycles. The summed E-state index contributed by atoms with van der Waals surface area (Å²) in [6.45, 7) is 0. The molecule has 0 saturated heterocycles. The molecule has 2 aliphatic heterocycles. The molecule has 0 spiro atoms. The molecule has 4 nitrogen and oxygen atoms in total. The topological polar surface area (TPSA) is 40.6 Å². The second kappa shape index (κ2) is 4.09. The molecule has 2 amide bonds. The van der Waals surface area contributed by atoms with Crippen LogP contribution in [0, 0.1) is 0 Å². The van der Waals surface area contributed by atoms with Crippen molar-refractivity contribution >= 4 is 29.1 Å². The van der Waals surface area contributed by atoms with Crippen LogP contribution >= 0.6 is 11.6 Å². The molecule has 2 aliphatic rings. The number of carbonyl (C=O) groups is 2. The minimum atomic E-state index is -0.396. The summed E-state index contributed by atoms with van der Waals surface area (Å²) >= 11 is 6.05. The monoisotopic (exact) mass is 298 g/mol. The summed E-state index contributed by atoms with van der Waals surface area (Å²) < 4.78 is 0. The molecule has 1 unspecified atom stereocenters. The first-order chi connectivity index (χ1) is 10.1. The Morgan fingerprint density at radius 3 is 2.57 bits per heavy atom. The Kier molecular flexibility index (Phi) is 2.41. The zero-order chi connectivity index (χ0) is 14.7. The van der Waals surface area contributed by atoms with Crippen molar-refractivity contribution in [3.8, 4) is 0 Å². The van der Waals surface area contributed by atoms with E-state index in [1.165, 1.54) is 0 Å². The molecular weight excluding hydrogens is 288 g/mol. The van der Waals surface area contributed by atoms with Gasteiger partial charge < -0.3 is 4.90 Å². The van der Waals surface area contributed by atoms with Gasteiger partial charge in [0.2, 0.25) is 0 Å². The second-order valence-corrected chi connectivity index (χ2v) is 5.65. The maximum Gasteiger partial charge on any atom is 0.260 e. The Morgan fingerprint density at radius 1 is 1.00 bits per heavy atom. The first-order valence-corrected chi connectivity index (χ1v) is 6.96. The molecule has 104 valence electrons. The van der Waals surface area contributed by atoms with Crippen molar-refractivity contribution in [2.75, 3.05) is 11.9 Å². The third-order valence-corrected chi connectivity index (χ3v) is 4.30. The average molecular weight is 299 g/mol. The van der Waals surface area contributed by atoms with Crippen molar-refractivity contribution in [1.82, 2.24) is 4.90 Å². The van der Waals surface area contributed by atoms with Crippen LogP contribution in [0.2, 0.25) is 5.02 Å². The van der Waals surface area contributed by atoms with Crippen molar-refractivity contribution in [3.05, 3.63) is 64.2 Å². The number of halogens is 1. The van der Waals surface area contributed by atoms with Crippen molar-refractivity contribution in [1.29, 1.82) is 0 Å². The van der Waals surface area contributed by atoms with Gasteiger partial charge in [-0.25, -0.2) is 0 Å². The van der Waals surface area contributed by atoms with Crippen LogP contribution in [-0.4, -0.2) is 23.8 Å². The van der Waals surface area contributed by atoms with E-state index in [0.29, 0.717) is 21.8 Å². The van der Waals surface area contributed by atoms with Crippen LogP contribution < -0.4 is 4.90 Å². The molecule has 2 aromatic rings. The number of nitrogens with zero attached hydrogens (tertiary/aromatic N) is 2. The largest absolute Gasteiger partial charge is 0.317 e. The highest BCUT2D eigenvalue weighted by atomic mass is 35.5. The molecule has 21 heavy (non-hydrogen) atoms. The molecule has 2 aromatic carbocycles. The predicted molar refractivity (Wildman–Crippen MR) is 79.5 cm³/mol. The third kappa shape index (κ3) is 1.51. The van der Waals surface area contributed by atoms with Crippen LogP contribution in [0.1, 0.15) is 32.4 Å². The number of carbonyl (C=O) groups excluding carboxylic acids is 2. The van der Waals surface area contributed by atoms with Crippen molar-refractivity contribution in [2.24, 2.45) is 0 Å². The quantitative estimate of drug-likeness (QED) is 0.750. The summed E-state index contributed by atoms with van der Waals surface area (Å²) in [5, 5.41) is 0.508. The second-order valence-electron chi connectivity index (χ2n) is 5.21. The van der Waals surface area contributed by atoms with Gasteiger partial charge in [-0.3, -0.25) is 14.5 Å². The summed E-state index contributed by atoms with van der Waals surface area (Å²) in [7, 11) is 1.72. The van der Waals surface area contributed by atoms with Gasteiger partial charge in [0, 0.05) is 23.2 Å². The van der Waals surface area contributed by atoms with Crippen molar-refractivity contribution in [3.63, 3.8) is 0 Å². The zero-order valence-corrected chi connectivity index (χ0v) is 12.0. The maximum atomic E-state index is 12.7. The molecule has 0 N–H and O–H groups in total. The molecule has 1 atom stereocenters. The van der Waals surface area contributed by atoms with E-state index in [2.05, 4.69) is 0 Å². The zero-order valence-electron chi connectivity index (χ0n) is 11.2. The number of hydrogen-bond acceptors (Lipinski definition) is 2. The van der Waals surface area contributed by atoms with Crippen LogP contribution in [0.15, 0.2) is 42.5 Å². The number of fused-ring (bicyclic) bond motifs is 5. The number of hydrogen-bond donors (Lipinski definition) is 0. The van der Waals surface area contributed by atoms with Gasteiger partial charge in [0.05, 0.1) is 11.3 Å². The van der Waals surface area contributed by atoms with Crippen LogP contribution in [0.25, 0.3) is 0 Å². The van der Waals surface area contributed by atoms with E-state index in [1.807, 2.05) is 18.2 Å². The van der Waals surface area contributed by atoms with E-state index >= 15 is 0 Å². The Hall–Kier alpha value is -2.33. The van der Waals surface area contributed by atoms with E-state index in [0.717, 1.165) is 5.56 Å². The summed E-state index contributed by atoms with van der Waals surface area (Å²) in [6.07, 6.45) is -0.396. The maximum absolute atomic E-state index is 12.7. The molecule has 0 saturated carbocycles. The highest BCUT2D eigenvalue weighted by Gasteiger charge is 2.46. The SMILES string of the molecule is CN1C(=O)c2ccc(Cl)cc2N2C(=O)c3ccccc3C12. The lowest BCUT2D eigenvalue weighted by atomic mass is 10.0. The lowest BCUT2D eigenvalue weighted by Gasteiger charge is -2.38. The lowest BCUT2D eigenvalue weighted by molar-refractivity contribution is 0.0703. The van der Waals surface area contributed by atoms with Gasteiger partial charge in [-0.2, -0.15) is 0 Å². The first-order valence-electron chi connectivity index (χ1n) is 6.59. The molecular formula is C16H11ClN2O2. The predicted octanol–water partition coefficient (Wildman–Crippen LogP) is 3.08. The number of anilines is 1. The standard InChI is InChI=1S/C16H11ClN2O2/c1-18-14-10-4-2-3-5-11(10)16(21)19(14)13-8-9(17)6-7-12(13)15(18)20/h2-8,14H,1H3. The Labute approximate surface area is 126 Å². The molecule has 0 bridgehead atoms. The van der Waals surface area contributed by atoms with Gasteiger partial charge in [-0.15, -0.1) is 0 Å². The Morgan fingerprint density at radius 2 is 1.76 bits per heavy atom. The van der Waals surface area contributed by atoms with E-state index in [4.69, 9.17) is 11.6 Å². The van der Waals surface area contributed by atoms with Crippen LogP contribution in [0.5, 0.6) is 0 Å². The van der Waals surface area contributed by atoms with E-state index in [1.54, 1.807) is 41.1 Å². The van der Waals surface area contributed by atoms with Gasteiger partial charge in [0.15, 0.2) is 0 Å². The summed E-state index contributed by atoms with van der Waals surface area (Å²) in [5.74, 6) is -0.203.